The third-order valence-corrected chi connectivity index (χ3v) is 1.44. The third kappa shape index (κ3) is 4.27. The molecule has 0 bridgehead atoms. The predicted molar refractivity (Wildman–Crippen MR) is 43.2 cm³/mol. The van der Waals surface area contributed by atoms with Crippen molar-refractivity contribution in [2.24, 2.45) is 0 Å². The Labute approximate surface area is 82.8 Å². The van der Waals surface area contributed by atoms with E-state index in [2.05, 4.69) is 14.9 Å². The Morgan fingerprint density at radius 3 is 2.50 bits per heavy atom. The highest BCUT2D eigenvalue weighted by Gasteiger charge is 2.26. The molecule has 0 aliphatic heterocycles. The van der Waals surface area contributed by atoms with E-state index >= 15 is 0 Å². The first kappa shape index (κ1) is 11.0. The predicted octanol–water partition coefficient (Wildman–Crippen LogP) is 2.46. The second-order valence-electron chi connectivity index (χ2n) is 2.41. The van der Waals surface area contributed by atoms with Crippen LogP contribution in [0.25, 0.3) is 0 Å². The second-order valence-corrected chi connectivity index (χ2v) is 2.80. The van der Waals surface area contributed by atoms with Gasteiger partial charge in [-0.15, -0.1) is 10.2 Å². The van der Waals surface area contributed by atoms with Gasteiger partial charge in [0.1, 0.15) is 0 Å². The zero-order valence-electron chi connectivity index (χ0n) is 6.88. The summed E-state index contributed by atoms with van der Waals surface area (Å²) in [5, 5.41) is 6.99. The number of ether oxygens (including phenoxy) is 1. The van der Waals surface area contributed by atoms with E-state index in [0.717, 1.165) is 0 Å². The Hall–Kier alpha value is -1.04. The normalized spacial score (nSPS) is 11.4. The Kier molecular flexibility index (Phi) is 3.51. The van der Waals surface area contributed by atoms with E-state index < -0.39 is 19.2 Å². The molecule has 0 unspecified atom stereocenters. The van der Waals surface area contributed by atoms with Crippen LogP contribution in [-0.2, 0) is 0 Å². The second kappa shape index (κ2) is 4.45. The number of alkyl halides is 3. The molecule has 0 aromatic carbocycles. The van der Waals surface area contributed by atoms with Gasteiger partial charge in [0, 0.05) is 6.07 Å². The summed E-state index contributed by atoms with van der Waals surface area (Å²) in [6, 6.07) is 2.74. The molecule has 1 rings (SSSR count). The molecule has 0 aliphatic carbocycles. The van der Waals surface area contributed by atoms with Gasteiger partial charge < -0.3 is 4.74 Å². The maximum atomic E-state index is 11.7. The summed E-state index contributed by atoms with van der Waals surface area (Å²) < 4.78 is 39.7. The van der Waals surface area contributed by atoms with Gasteiger partial charge in [-0.1, -0.05) is 11.6 Å². The molecule has 0 atom stereocenters. The van der Waals surface area contributed by atoms with Gasteiger partial charge in [-0.05, 0) is 6.07 Å². The first-order valence-electron chi connectivity index (χ1n) is 3.66. The smallest absolute Gasteiger partial charge is 0.392 e. The summed E-state index contributed by atoms with van der Waals surface area (Å²) >= 11 is 5.41. The van der Waals surface area contributed by atoms with E-state index in [1.807, 2.05) is 0 Å². The van der Waals surface area contributed by atoms with Gasteiger partial charge in [0.05, 0.1) is 13.0 Å². The molecule has 14 heavy (non-hydrogen) atoms. The average Bonchev–Trinajstić information content (AvgIpc) is 2.06. The topological polar surface area (TPSA) is 35.0 Å². The highest BCUT2D eigenvalue weighted by Crippen LogP contribution is 2.19. The van der Waals surface area contributed by atoms with Crippen LogP contribution in [0.1, 0.15) is 6.42 Å². The lowest BCUT2D eigenvalue weighted by Gasteiger charge is -2.06. The summed E-state index contributed by atoms with van der Waals surface area (Å²) in [4.78, 5) is 0. The van der Waals surface area contributed by atoms with Gasteiger partial charge in [0.25, 0.3) is 0 Å². The fraction of sp³-hybridized carbons (Fsp3) is 0.429. The summed E-state index contributed by atoms with van der Waals surface area (Å²) in [5.41, 5.74) is 0. The van der Waals surface area contributed by atoms with Gasteiger partial charge >= 0.3 is 6.18 Å². The van der Waals surface area contributed by atoms with Crippen molar-refractivity contribution in [2.45, 2.75) is 12.6 Å². The molecule has 78 valence electrons. The van der Waals surface area contributed by atoms with Crippen LogP contribution in [0.2, 0.25) is 5.15 Å². The van der Waals surface area contributed by atoms with E-state index in [0.29, 0.717) is 0 Å². The fourth-order valence-corrected chi connectivity index (χ4v) is 0.753. The minimum Gasteiger partial charge on any atom is -0.476 e. The molecule has 1 aromatic rings. The first-order chi connectivity index (χ1) is 6.47. The van der Waals surface area contributed by atoms with E-state index in [4.69, 9.17) is 11.6 Å². The molecular formula is C7H6ClF3N2O. The number of hydrogen-bond acceptors (Lipinski definition) is 3. The van der Waals surface area contributed by atoms with Crippen molar-refractivity contribution in [3.63, 3.8) is 0 Å². The molecule has 1 heterocycles. The van der Waals surface area contributed by atoms with Crippen LogP contribution in [0.15, 0.2) is 12.1 Å². The zero-order chi connectivity index (χ0) is 10.6. The molecule has 0 radical (unpaired) electrons. The summed E-state index contributed by atoms with van der Waals surface area (Å²) in [6.45, 7) is -0.472. The van der Waals surface area contributed by atoms with Crippen LogP contribution in [0, 0.1) is 0 Å². The molecule has 3 nitrogen and oxygen atoms in total. The number of rotatable bonds is 3. The SMILES string of the molecule is FC(F)(F)CCOc1ccc(Cl)nn1. The van der Waals surface area contributed by atoms with E-state index in [1.54, 1.807) is 0 Å². The van der Waals surface area contributed by atoms with Crippen molar-refractivity contribution < 1.29 is 17.9 Å². The lowest BCUT2D eigenvalue weighted by Crippen LogP contribution is -2.13. The molecule has 0 spiro atoms. The highest BCUT2D eigenvalue weighted by atomic mass is 35.5. The van der Waals surface area contributed by atoms with Crippen molar-refractivity contribution in [3.8, 4) is 5.88 Å². The summed E-state index contributed by atoms with van der Waals surface area (Å²) in [6.07, 6.45) is -5.24. The highest BCUT2D eigenvalue weighted by molar-refractivity contribution is 6.29. The standard InChI is InChI=1S/C7H6ClF3N2O/c8-5-1-2-6(13-12-5)14-4-3-7(9,10)11/h1-2H,3-4H2. The Morgan fingerprint density at radius 1 is 1.29 bits per heavy atom. The van der Waals surface area contributed by atoms with Crippen molar-refractivity contribution in [2.75, 3.05) is 6.61 Å². The van der Waals surface area contributed by atoms with Crippen molar-refractivity contribution in [3.05, 3.63) is 17.3 Å². The molecule has 0 N–H and O–H groups in total. The van der Waals surface area contributed by atoms with Gasteiger partial charge in [-0.2, -0.15) is 13.2 Å². The number of nitrogens with zero attached hydrogens (tertiary/aromatic N) is 2. The number of hydrogen-bond donors (Lipinski definition) is 0. The Bertz CT molecular complexity index is 288. The van der Waals surface area contributed by atoms with Crippen LogP contribution in [0.3, 0.4) is 0 Å². The third-order valence-electron chi connectivity index (χ3n) is 1.24. The van der Waals surface area contributed by atoms with Gasteiger partial charge in [0.15, 0.2) is 5.15 Å². The molecule has 1 aromatic heterocycles. The Balaban J connectivity index is 2.35. The van der Waals surface area contributed by atoms with Crippen molar-refractivity contribution >= 4 is 11.6 Å². The van der Waals surface area contributed by atoms with E-state index in [-0.39, 0.29) is 11.0 Å². The summed E-state index contributed by atoms with van der Waals surface area (Å²) in [7, 11) is 0. The quantitative estimate of drug-likeness (QED) is 0.794. The van der Waals surface area contributed by atoms with Crippen molar-refractivity contribution in [1.82, 2.24) is 10.2 Å². The maximum absolute atomic E-state index is 11.7. The average molecular weight is 227 g/mol. The van der Waals surface area contributed by atoms with Crippen LogP contribution >= 0.6 is 11.6 Å². The molecule has 0 fully saturated rings. The number of aromatic nitrogens is 2. The molecule has 0 amide bonds. The monoisotopic (exact) mass is 226 g/mol. The minimum atomic E-state index is -4.22. The molecule has 0 aliphatic rings. The maximum Gasteiger partial charge on any atom is 0.392 e. The van der Waals surface area contributed by atoms with E-state index in [1.165, 1.54) is 12.1 Å². The Morgan fingerprint density at radius 2 is 2.00 bits per heavy atom. The van der Waals surface area contributed by atoms with Crippen LogP contribution in [0.4, 0.5) is 13.2 Å². The number of halogens is 4. The van der Waals surface area contributed by atoms with Gasteiger partial charge in [-0.25, -0.2) is 0 Å². The minimum absolute atomic E-state index is 0.0265. The van der Waals surface area contributed by atoms with Crippen LogP contribution < -0.4 is 4.74 Å². The van der Waals surface area contributed by atoms with Gasteiger partial charge in [-0.3, -0.25) is 0 Å². The lowest BCUT2D eigenvalue weighted by molar-refractivity contribution is -0.139. The van der Waals surface area contributed by atoms with Crippen LogP contribution in [0.5, 0.6) is 5.88 Å². The molecular weight excluding hydrogens is 221 g/mol. The molecule has 0 saturated carbocycles. The summed E-state index contributed by atoms with van der Waals surface area (Å²) in [5.74, 6) is 0.0265. The van der Waals surface area contributed by atoms with E-state index in [9.17, 15) is 13.2 Å². The van der Waals surface area contributed by atoms with Crippen molar-refractivity contribution in [1.29, 1.82) is 0 Å². The lowest BCUT2D eigenvalue weighted by atomic mass is 10.4. The van der Waals surface area contributed by atoms with Gasteiger partial charge in [0.2, 0.25) is 5.88 Å². The zero-order valence-corrected chi connectivity index (χ0v) is 7.64. The fourth-order valence-electron chi connectivity index (χ4n) is 0.652. The molecule has 0 saturated heterocycles. The first-order valence-corrected chi connectivity index (χ1v) is 4.04. The molecule has 7 heteroatoms. The van der Waals surface area contributed by atoms with Crippen LogP contribution in [-0.4, -0.2) is 23.0 Å². The largest absolute Gasteiger partial charge is 0.476 e.